The number of aliphatic imine (C=N–C) groups is 2. The average molecular weight is 218 g/mol. The highest BCUT2D eigenvalue weighted by Gasteiger charge is 2.18. The third-order valence-electron chi connectivity index (χ3n) is 1.57. The van der Waals surface area contributed by atoms with E-state index in [2.05, 4.69) is 34.6 Å². The first-order chi connectivity index (χ1) is 6.63. The molecule has 1 rings (SSSR count). The molecule has 0 saturated carbocycles. The van der Waals surface area contributed by atoms with Crippen molar-refractivity contribution in [1.82, 2.24) is 15.8 Å². The van der Waals surface area contributed by atoms with Crippen LogP contribution in [0.4, 0.5) is 0 Å². The lowest BCUT2D eigenvalue weighted by molar-refractivity contribution is 0.188. The Bertz CT molecular complexity index is 238. The number of nitrogens with zero attached hydrogens (tertiary/aromatic N) is 3. The van der Waals surface area contributed by atoms with E-state index in [4.69, 9.17) is 11.6 Å². The fourth-order valence-corrected chi connectivity index (χ4v) is 1.23. The standard InChI is InChI=1S/C8H16ClN5/c1-4-10-8-12-7(9)11-5-14(8)13-6(2)3/h5-6,8,10,13H,4H2,1-3H3. The van der Waals surface area contributed by atoms with Crippen LogP contribution in [0, 0.1) is 0 Å². The van der Waals surface area contributed by atoms with E-state index in [0.717, 1.165) is 6.54 Å². The topological polar surface area (TPSA) is 52.0 Å². The van der Waals surface area contributed by atoms with E-state index in [1.165, 1.54) is 0 Å². The Labute approximate surface area is 89.2 Å². The number of amidine groups is 1. The summed E-state index contributed by atoms with van der Waals surface area (Å²) in [5.74, 6) is 0. The molecule has 0 aromatic carbocycles. The van der Waals surface area contributed by atoms with Crippen molar-refractivity contribution in [3.05, 3.63) is 0 Å². The highest BCUT2D eigenvalue weighted by molar-refractivity contribution is 6.65. The number of hydrazine groups is 1. The van der Waals surface area contributed by atoms with Gasteiger partial charge in [0.25, 0.3) is 0 Å². The van der Waals surface area contributed by atoms with Crippen LogP contribution in [0.25, 0.3) is 0 Å². The molecule has 0 aliphatic carbocycles. The van der Waals surface area contributed by atoms with Gasteiger partial charge in [0, 0.05) is 6.04 Å². The van der Waals surface area contributed by atoms with Gasteiger partial charge in [-0.2, -0.15) is 0 Å². The number of nitrogens with one attached hydrogen (secondary N) is 2. The third-order valence-corrected chi connectivity index (χ3v) is 1.77. The second-order valence-corrected chi connectivity index (χ2v) is 3.60. The lowest BCUT2D eigenvalue weighted by atomic mass is 10.4. The number of hydrogen-bond donors (Lipinski definition) is 2. The fourth-order valence-electron chi connectivity index (χ4n) is 1.10. The first-order valence-electron chi connectivity index (χ1n) is 4.69. The SMILES string of the molecule is CCNC1N=C(Cl)N=CN1NC(C)C. The van der Waals surface area contributed by atoms with Gasteiger partial charge in [-0.25, -0.2) is 15.4 Å². The smallest absolute Gasteiger partial charge is 0.222 e. The van der Waals surface area contributed by atoms with Crippen LogP contribution in [0.3, 0.4) is 0 Å². The Morgan fingerprint density at radius 1 is 1.64 bits per heavy atom. The van der Waals surface area contributed by atoms with Gasteiger partial charge in [-0.15, -0.1) is 0 Å². The molecule has 1 aliphatic heterocycles. The van der Waals surface area contributed by atoms with E-state index >= 15 is 0 Å². The molecule has 5 nitrogen and oxygen atoms in total. The molecular formula is C8H16ClN5. The van der Waals surface area contributed by atoms with Crippen LogP contribution in [-0.4, -0.2) is 35.5 Å². The molecule has 0 amide bonds. The Balaban J connectivity index is 2.60. The summed E-state index contributed by atoms with van der Waals surface area (Å²) in [5, 5.41) is 5.25. The minimum Gasteiger partial charge on any atom is -0.278 e. The maximum Gasteiger partial charge on any atom is 0.222 e. The molecule has 1 heterocycles. The summed E-state index contributed by atoms with van der Waals surface area (Å²) in [5.41, 5.74) is 3.19. The second kappa shape index (κ2) is 5.29. The zero-order valence-corrected chi connectivity index (χ0v) is 9.41. The van der Waals surface area contributed by atoms with Gasteiger partial charge < -0.3 is 0 Å². The molecule has 6 heteroatoms. The van der Waals surface area contributed by atoms with E-state index in [-0.39, 0.29) is 11.6 Å². The molecule has 0 fully saturated rings. The fraction of sp³-hybridized carbons (Fsp3) is 0.750. The van der Waals surface area contributed by atoms with Gasteiger partial charge in [0.15, 0.2) is 6.29 Å². The van der Waals surface area contributed by atoms with Crippen molar-refractivity contribution >= 4 is 23.2 Å². The molecule has 0 radical (unpaired) electrons. The lowest BCUT2D eigenvalue weighted by Crippen LogP contribution is -2.54. The van der Waals surface area contributed by atoms with E-state index in [0.29, 0.717) is 6.04 Å². The van der Waals surface area contributed by atoms with Gasteiger partial charge in [-0.05, 0) is 32.0 Å². The van der Waals surface area contributed by atoms with Crippen molar-refractivity contribution in [2.45, 2.75) is 33.1 Å². The summed E-state index contributed by atoms with van der Waals surface area (Å²) in [6.07, 6.45) is 1.47. The molecule has 0 spiro atoms. The summed E-state index contributed by atoms with van der Waals surface area (Å²) < 4.78 is 0. The van der Waals surface area contributed by atoms with Crippen LogP contribution in [0.5, 0.6) is 0 Å². The number of rotatable bonds is 4. The zero-order valence-electron chi connectivity index (χ0n) is 8.66. The second-order valence-electron chi connectivity index (χ2n) is 3.27. The van der Waals surface area contributed by atoms with Crippen LogP contribution >= 0.6 is 11.6 Å². The van der Waals surface area contributed by atoms with Gasteiger partial charge in [0.2, 0.25) is 5.29 Å². The average Bonchev–Trinajstić information content (AvgIpc) is 2.09. The predicted molar refractivity (Wildman–Crippen MR) is 59.4 cm³/mol. The first kappa shape index (κ1) is 11.4. The molecule has 2 N–H and O–H groups in total. The van der Waals surface area contributed by atoms with E-state index in [1.807, 2.05) is 6.92 Å². The first-order valence-corrected chi connectivity index (χ1v) is 5.06. The molecule has 0 bridgehead atoms. The maximum atomic E-state index is 5.71. The molecule has 0 aromatic heterocycles. The van der Waals surface area contributed by atoms with Crippen LogP contribution in [0.15, 0.2) is 9.98 Å². The molecule has 1 unspecified atom stereocenters. The van der Waals surface area contributed by atoms with Crippen LogP contribution < -0.4 is 10.7 Å². The van der Waals surface area contributed by atoms with E-state index < -0.39 is 0 Å². The van der Waals surface area contributed by atoms with Gasteiger partial charge in [0.05, 0.1) is 0 Å². The molecule has 1 atom stereocenters. The van der Waals surface area contributed by atoms with Crippen molar-refractivity contribution < 1.29 is 0 Å². The van der Waals surface area contributed by atoms with Crippen LogP contribution in [0.2, 0.25) is 0 Å². The van der Waals surface area contributed by atoms with Gasteiger partial charge in [-0.1, -0.05) is 6.92 Å². The quantitative estimate of drug-likeness (QED) is 0.683. The van der Waals surface area contributed by atoms with Gasteiger partial charge in [0.1, 0.15) is 6.34 Å². The van der Waals surface area contributed by atoms with Crippen molar-refractivity contribution in [2.24, 2.45) is 9.98 Å². The molecule has 1 aliphatic rings. The minimum absolute atomic E-state index is 0.174. The maximum absolute atomic E-state index is 5.71. The Morgan fingerprint density at radius 3 is 2.93 bits per heavy atom. The molecule has 0 aromatic rings. The van der Waals surface area contributed by atoms with Crippen molar-refractivity contribution in [2.75, 3.05) is 6.54 Å². The predicted octanol–water partition coefficient (Wildman–Crippen LogP) is 0.731. The van der Waals surface area contributed by atoms with E-state index in [1.54, 1.807) is 11.3 Å². The van der Waals surface area contributed by atoms with Crippen LogP contribution in [-0.2, 0) is 0 Å². The zero-order chi connectivity index (χ0) is 10.6. The molecular weight excluding hydrogens is 202 g/mol. The van der Waals surface area contributed by atoms with Crippen molar-refractivity contribution in [3.63, 3.8) is 0 Å². The summed E-state index contributed by atoms with van der Waals surface area (Å²) in [6, 6.07) is 0.328. The monoisotopic (exact) mass is 217 g/mol. The minimum atomic E-state index is -0.174. The Morgan fingerprint density at radius 2 is 2.36 bits per heavy atom. The summed E-state index contributed by atoms with van der Waals surface area (Å²) in [4.78, 5) is 8.05. The summed E-state index contributed by atoms with van der Waals surface area (Å²) in [6.45, 7) is 6.94. The highest BCUT2D eigenvalue weighted by Crippen LogP contribution is 2.03. The van der Waals surface area contributed by atoms with Gasteiger partial charge >= 0.3 is 0 Å². The van der Waals surface area contributed by atoms with E-state index in [9.17, 15) is 0 Å². The molecule has 80 valence electrons. The Kier molecular flexibility index (Phi) is 4.31. The largest absolute Gasteiger partial charge is 0.278 e. The van der Waals surface area contributed by atoms with Crippen molar-refractivity contribution in [1.29, 1.82) is 0 Å². The van der Waals surface area contributed by atoms with Gasteiger partial charge in [-0.3, -0.25) is 10.3 Å². The van der Waals surface area contributed by atoms with Crippen LogP contribution in [0.1, 0.15) is 20.8 Å². The number of halogens is 1. The van der Waals surface area contributed by atoms with Crippen molar-refractivity contribution in [3.8, 4) is 0 Å². The third kappa shape index (κ3) is 3.25. The molecule has 0 saturated heterocycles. The lowest BCUT2D eigenvalue weighted by Gasteiger charge is -2.31. The Hall–Kier alpha value is -0.650. The summed E-state index contributed by atoms with van der Waals surface area (Å²) in [7, 11) is 0. The molecule has 14 heavy (non-hydrogen) atoms. The summed E-state index contributed by atoms with van der Waals surface area (Å²) >= 11 is 5.71. The number of hydrogen-bond acceptors (Lipinski definition) is 5. The normalized spacial score (nSPS) is 21.6. The highest BCUT2D eigenvalue weighted by atomic mass is 35.5.